The van der Waals surface area contributed by atoms with Crippen molar-refractivity contribution < 1.29 is 4.79 Å². The maximum absolute atomic E-state index is 12.9. The van der Waals surface area contributed by atoms with Gasteiger partial charge in [0.2, 0.25) is 0 Å². The first kappa shape index (κ1) is 14.2. The van der Waals surface area contributed by atoms with Crippen molar-refractivity contribution in [3.63, 3.8) is 0 Å². The number of nitrogens with one attached hydrogen (secondary N) is 1. The van der Waals surface area contributed by atoms with Crippen LogP contribution in [0.1, 0.15) is 24.2 Å². The van der Waals surface area contributed by atoms with Crippen LogP contribution in [0.5, 0.6) is 0 Å². The topological polar surface area (TPSA) is 32.3 Å². The largest absolute Gasteiger partial charge is 0.333 e. The molecule has 1 aromatic carbocycles. The first-order chi connectivity index (χ1) is 9.43. The molecular weight excluding hydrogens is 295 g/mol. The molecule has 5 heteroatoms. The molecule has 1 N–H and O–H groups in total. The van der Waals surface area contributed by atoms with Gasteiger partial charge >= 0.3 is 0 Å². The summed E-state index contributed by atoms with van der Waals surface area (Å²) < 4.78 is 0. The van der Waals surface area contributed by atoms with Crippen molar-refractivity contribution in [1.29, 1.82) is 0 Å². The molecule has 20 heavy (non-hydrogen) atoms. The molecule has 3 nitrogen and oxygen atoms in total. The van der Waals surface area contributed by atoms with E-state index in [9.17, 15) is 4.79 Å². The van der Waals surface area contributed by atoms with Crippen LogP contribution in [0.2, 0.25) is 10.0 Å². The third-order valence-corrected chi connectivity index (χ3v) is 5.41. The number of nitrogens with zero attached hydrogens (tertiary/aromatic N) is 1. The average Bonchev–Trinajstić information content (AvgIpc) is 2.91. The van der Waals surface area contributed by atoms with Gasteiger partial charge in [0.05, 0.1) is 15.6 Å². The summed E-state index contributed by atoms with van der Waals surface area (Å²) in [6.07, 6.45) is 0. The number of rotatable bonds is 1. The second kappa shape index (κ2) is 4.90. The quantitative estimate of drug-likeness (QED) is 0.864. The highest BCUT2D eigenvalue weighted by Crippen LogP contribution is 2.42. The Morgan fingerprint density at radius 1 is 1.30 bits per heavy atom. The molecule has 2 saturated heterocycles. The Labute approximate surface area is 129 Å². The Bertz CT molecular complexity index is 539. The number of likely N-dealkylation sites (tertiary alicyclic amines) is 1. The number of hydrogen-bond donors (Lipinski definition) is 1. The van der Waals surface area contributed by atoms with Gasteiger partial charge in [-0.1, -0.05) is 29.3 Å². The van der Waals surface area contributed by atoms with Crippen LogP contribution in [-0.2, 0) is 0 Å². The van der Waals surface area contributed by atoms with Gasteiger partial charge in [0.25, 0.3) is 5.91 Å². The Morgan fingerprint density at radius 2 is 1.95 bits per heavy atom. The van der Waals surface area contributed by atoms with Gasteiger partial charge in [0.1, 0.15) is 0 Å². The van der Waals surface area contributed by atoms with Crippen molar-refractivity contribution in [2.75, 3.05) is 19.6 Å². The van der Waals surface area contributed by atoms with Crippen molar-refractivity contribution in [2.45, 2.75) is 19.4 Å². The van der Waals surface area contributed by atoms with E-state index < -0.39 is 0 Å². The molecule has 0 bridgehead atoms. The molecule has 0 aromatic heterocycles. The van der Waals surface area contributed by atoms with Gasteiger partial charge in [-0.3, -0.25) is 4.79 Å². The lowest BCUT2D eigenvalue weighted by molar-refractivity contribution is 0.0603. The predicted molar refractivity (Wildman–Crippen MR) is 81.4 cm³/mol. The minimum absolute atomic E-state index is 0.0556. The van der Waals surface area contributed by atoms with E-state index in [2.05, 4.69) is 19.2 Å². The Balaban J connectivity index is 1.96. The number of carbonyl (C=O) groups excluding carboxylic acids is 1. The first-order valence-electron chi connectivity index (χ1n) is 6.89. The number of halogens is 2. The molecule has 2 aliphatic rings. The minimum atomic E-state index is -0.173. The summed E-state index contributed by atoms with van der Waals surface area (Å²) in [7, 11) is 0. The van der Waals surface area contributed by atoms with Crippen LogP contribution in [0.3, 0.4) is 0 Å². The molecule has 1 aromatic rings. The van der Waals surface area contributed by atoms with Crippen LogP contribution in [-0.4, -0.2) is 36.0 Å². The molecule has 108 valence electrons. The fraction of sp³-hybridized carbons (Fsp3) is 0.533. The zero-order valence-electron chi connectivity index (χ0n) is 11.6. The van der Waals surface area contributed by atoms with Crippen LogP contribution >= 0.6 is 23.2 Å². The Kier molecular flexibility index (Phi) is 3.47. The fourth-order valence-electron chi connectivity index (χ4n) is 3.60. The zero-order chi connectivity index (χ0) is 14.5. The van der Waals surface area contributed by atoms with Gasteiger partial charge in [-0.05, 0) is 37.8 Å². The summed E-state index contributed by atoms with van der Waals surface area (Å²) in [5.41, 5.74) is 0.255. The maximum Gasteiger partial charge on any atom is 0.257 e. The van der Waals surface area contributed by atoms with Gasteiger partial charge < -0.3 is 10.2 Å². The van der Waals surface area contributed by atoms with E-state index in [-0.39, 0.29) is 11.4 Å². The van der Waals surface area contributed by atoms with Crippen LogP contribution in [0.4, 0.5) is 0 Å². The van der Waals surface area contributed by atoms with Crippen molar-refractivity contribution in [2.24, 2.45) is 11.8 Å². The Morgan fingerprint density at radius 3 is 2.55 bits per heavy atom. The minimum Gasteiger partial charge on any atom is -0.333 e. The summed E-state index contributed by atoms with van der Waals surface area (Å²) in [6, 6.07) is 5.19. The molecule has 0 aliphatic carbocycles. The molecule has 1 amide bonds. The van der Waals surface area contributed by atoms with Gasteiger partial charge in [0.15, 0.2) is 0 Å². The Hall–Kier alpha value is -0.770. The zero-order valence-corrected chi connectivity index (χ0v) is 13.1. The van der Waals surface area contributed by atoms with Gasteiger partial charge in [0, 0.05) is 25.2 Å². The first-order valence-corrected chi connectivity index (χ1v) is 7.65. The molecule has 2 heterocycles. The van der Waals surface area contributed by atoms with Crippen molar-refractivity contribution in [1.82, 2.24) is 10.2 Å². The standard InChI is InChI=1S/C15H18Cl2N2O/c1-15(2)10-7-18-6-9(10)8-19(15)14(20)13-11(16)4-3-5-12(13)17/h3-5,9-10,18H,6-8H2,1-2H3. The molecule has 2 aliphatic heterocycles. The highest BCUT2D eigenvalue weighted by molar-refractivity contribution is 6.39. The lowest BCUT2D eigenvalue weighted by Crippen LogP contribution is -2.47. The molecule has 0 radical (unpaired) electrons. The molecule has 3 rings (SSSR count). The number of fused-ring (bicyclic) bond motifs is 1. The van der Waals surface area contributed by atoms with Crippen molar-refractivity contribution in [3.05, 3.63) is 33.8 Å². The monoisotopic (exact) mass is 312 g/mol. The van der Waals surface area contributed by atoms with Crippen LogP contribution in [0, 0.1) is 11.8 Å². The summed E-state index contributed by atoms with van der Waals surface area (Å²) >= 11 is 12.3. The van der Waals surface area contributed by atoms with Crippen LogP contribution in [0.15, 0.2) is 18.2 Å². The molecule has 2 unspecified atom stereocenters. The molecule has 0 saturated carbocycles. The van der Waals surface area contributed by atoms with E-state index >= 15 is 0 Å². The molecule has 0 spiro atoms. The second-order valence-electron chi connectivity index (χ2n) is 6.19. The lowest BCUT2D eigenvalue weighted by Gasteiger charge is -2.36. The summed E-state index contributed by atoms with van der Waals surface area (Å²) in [5.74, 6) is 0.961. The second-order valence-corrected chi connectivity index (χ2v) is 7.01. The maximum atomic E-state index is 12.9. The third kappa shape index (κ3) is 2.03. The van der Waals surface area contributed by atoms with Crippen molar-refractivity contribution in [3.8, 4) is 0 Å². The van der Waals surface area contributed by atoms with E-state index in [1.807, 2.05) is 4.90 Å². The van der Waals surface area contributed by atoms with Crippen molar-refractivity contribution >= 4 is 29.1 Å². The highest BCUT2D eigenvalue weighted by Gasteiger charge is 2.51. The fourth-order valence-corrected chi connectivity index (χ4v) is 4.16. The summed E-state index contributed by atoms with van der Waals surface area (Å²) in [4.78, 5) is 14.8. The van der Waals surface area contributed by atoms with Crippen LogP contribution < -0.4 is 5.32 Å². The predicted octanol–water partition coefficient (Wildman–Crippen LogP) is 3.06. The SMILES string of the molecule is CC1(C)C2CNCC2CN1C(=O)c1c(Cl)cccc1Cl. The van der Waals surface area contributed by atoms with E-state index in [4.69, 9.17) is 23.2 Å². The number of hydrogen-bond acceptors (Lipinski definition) is 2. The molecule has 2 fully saturated rings. The van der Waals surface area contributed by atoms with Crippen LogP contribution in [0.25, 0.3) is 0 Å². The van der Waals surface area contributed by atoms with E-state index in [1.165, 1.54) is 0 Å². The van der Waals surface area contributed by atoms with E-state index in [0.717, 1.165) is 19.6 Å². The number of amides is 1. The summed E-state index contributed by atoms with van der Waals surface area (Å²) in [5, 5.41) is 4.26. The number of carbonyl (C=O) groups is 1. The summed E-state index contributed by atoms with van der Waals surface area (Å²) in [6.45, 7) is 6.98. The molecular formula is C15H18Cl2N2O. The lowest BCUT2D eigenvalue weighted by atomic mass is 9.84. The third-order valence-electron chi connectivity index (χ3n) is 4.78. The smallest absolute Gasteiger partial charge is 0.257 e. The van der Waals surface area contributed by atoms with E-state index in [0.29, 0.717) is 27.4 Å². The highest BCUT2D eigenvalue weighted by atomic mass is 35.5. The normalized spacial score (nSPS) is 27.7. The molecule has 2 atom stereocenters. The van der Waals surface area contributed by atoms with E-state index in [1.54, 1.807) is 18.2 Å². The number of benzene rings is 1. The van der Waals surface area contributed by atoms with Gasteiger partial charge in [-0.2, -0.15) is 0 Å². The van der Waals surface area contributed by atoms with Gasteiger partial charge in [-0.25, -0.2) is 0 Å². The average molecular weight is 313 g/mol. The van der Waals surface area contributed by atoms with Gasteiger partial charge in [-0.15, -0.1) is 0 Å².